The third-order valence-electron chi connectivity index (χ3n) is 11.6. The van der Waals surface area contributed by atoms with E-state index in [1.807, 2.05) is 49.9 Å². The number of rotatable bonds is 11. The molecule has 2 aromatic heterocycles. The number of fused-ring (bicyclic) bond motifs is 1. The molecule has 4 N–H and O–H groups in total. The number of amides is 4. The van der Waals surface area contributed by atoms with Crippen molar-refractivity contribution < 1.29 is 28.7 Å². The lowest BCUT2D eigenvalue weighted by Crippen LogP contribution is -2.51. The Balaban J connectivity index is 1.03. The molecule has 0 radical (unpaired) electrons. The van der Waals surface area contributed by atoms with Crippen molar-refractivity contribution in [1.82, 2.24) is 40.4 Å². The summed E-state index contributed by atoms with van der Waals surface area (Å²) in [6.07, 6.45) is 4.79. The molecule has 3 aromatic carbocycles. The summed E-state index contributed by atoms with van der Waals surface area (Å²) in [4.78, 5) is 71.3. The SMILES string of the molecule is COC(=O)N[C@H](C(=O)N1CCC[C@H]1c1ncc(-c2ccc3cc(-c4ccc(-c5cnc([C@@H]6CC(C)CN6C(=O)[C@@H](NC(=O)OC)C(C)C)[nH]5)cc4)ccc3c2)[nH]1)C(C)C. The number of methoxy groups -OCH3 is 2. The van der Waals surface area contributed by atoms with Gasteiger partial charge in [0.15, 0.2) is 0 Å². The lowest BCUT2D eigenvalue weighted by molar-refractivity contribution is -0.136. The standard InChI is InChI=1S/C45H54N8O6/c1-25(2)38(50-44(56)58-6)42(54)52-18-8-9-36(52)40-46-23-35(49-40)33-17-16-31-20-30(14-15-32(31)21-33)28-10-12-29(13-11-28)34-22-47-41(48-34)37-19-27(5)24-53(37)43(55)39(26(3)4)51-45(57)59-7/h10-17,20-23,25-27,36-39H,8-9,18-19,24H2,1-7H3,(H,46,49)(H,47,48)(H,50,56)(H,51,57)/t27?,36-,37-,38-,39-/m0/s1. The van der Waals surface area contributed by atoms with Crippen LogP contribution in [-0.2, 0) is 19.1 Å². The average Bonchev–Trinajstić information content (AvgIpc) is 4.08. The van der Waals surface area contributed by atoms with E-state index >= 15 is 0 Å². The molecule has 0 spiro atoms. The van der Waals surface area contributed by atoms with Crippen LogP contribution in [0.5, 0.6) is 0 Å². The number of carbonyl (C=O) groups excluding carboxylic acids is 4. The van der Waals surface area contributed by atoms with Gasteiger partial charge in [0.05, 0.1) is 50.1 Å². The minimum atomic E-state index is -0.699. The van der Waals surface area contributed by atoms with Gasteiger partial charge in [-0.25, -0.2) is 19.6 Å². The fraction of sp³-hybridized carbons (Fsp3) is 0.422. The molecule has 1 unspecified atom stereocenters. The second-order valence-electron chi connectivity index (χ2n) is 16.5. The fourth-order valence-corrected chi connectivity index (χ4v) is 8.36. The van der Waals surface area contributed by atoms with E-state index in [4.69, 9.17) is 19.4 Å². The van der Waals surface area contributed by atoms with Crippen LogP contribution in [0.2, 0.25) is 0 Å². The maximum atomic E-state index is 13.7. The Bertz CT molecular complexity index is 2320. The van der Waals surface area contributed by atoms with Gasteiger partial charge >= 0.3 is 12.2 Å². The Kier molecular flexibility index (Phi) is 12.1. The zero-order chi connectivity index (χ0) is 42.0. The molecule has 5 aromatic rings. The lowest BCUT2D eigenvalue weighted by atomic mass is 9.98. The number of hydrogen-bond acceptors (Lipinski definition) is 8. The summed E-state index contributed by atoms with van der Waals surface area (Å²) in [5.41, 5.74) is 5.88. The summed E-state index contributed by atoms with van der Waals surface area (Å²) in [5.74, 6) is 1.24. The van der Waals surface area contributed by atoms with Crippen molar-refractivity contribution in [1.29, 1.82) is 0 Å². The molecule has 0 saturated carbocycles. The van der Waals surface area contributed by atoms with Gasteiger partial charge in [-0.2, -0.15) is 0 Å². The molecule has 59 heavy (non-hydrogen) atoms. The van der Waals surface area contributed by atoms with Crippen LogP contribution in [0, 0.1) is 17.8 Å². The van der Waals surface area contributed by atoms with Crippen LogP contribution >= 0.6 is 0 Å². The number of carbonyl (C=O) groups is 4. The highest BCUT2D eigenvalue weighted by Gasteiger charge is 2.40. The maximum absolute atomic E-state index is 13.7. The monoisotopic (exact) mass is 802 g/mol. The van der Waals surface area contributed by atoms with Gasteiger partial charge in [-0.15, -0.1) is 0 Å². The number of H-pyrrole nitrogens is 2. The van der Waals surface area contributed by atoms with Gasteiger partial charge in [0, 0.05) is 18.7 Å². The number of aromatic amines is 2. The summed E-state index contributed by atoms with van der Waals surface area (Å²) in [6, 6.07) is 19.3. The van der Waals surface area contributed by atoms with Crippen molar-refractivity contribution >= 4 is 34.8 Å². The third-order valence-corrected chi connectivity index (χ3v) is 11.6. The molecule has 4 amide bonds. The second-order valence-corrected chi connectivity index (χ2v) is 16.5. The molecule has 2 fully saturated rings. The molecule has 7 rings (SSSR count). The Morgan fingerprint density at radius 2 is 1.17 bits per heavy atom. The second kappa shape index (κ2) is 17.4. The number of alkyl carbamates (subject to hydrolysis) is 2. The number of nitrogens with zero attached hydrogens (tertiary/aromatic N) is 4. The minimum Gasteiger partial charge on any atom is -0.453 e. The predicted molar refractivity (Wildman–Crippen MR) is 225 cm³/mol. The smallest absolute Gasteiger partial charge is 0.407 e. The highest BCUT2D eigenvalue weighted by molar-refractivity contribution is 5.91. The van der Waals surface area contributed by atoms with Crippen LogP contribution in [0.25, 0.3) is 44.4 Å². The number of imidazole rings is 2. The van der Waals surface area contributed by atoms with Gasteiger partial charge in [0.1, 0.15) is 23.7 Å². The van der Waals surface area contributed by atoms with Gasteiger partial charge in [-0.1, -0.05) is 83.1 Å². The molecule has 14 nitrogen and oxygen atoms in total. The molecular formula is C45H54N8O6. The van der Waals surface area contributed by atoms with Crippen LogP contribution in [0.4, 0.5) is 9.59 Å². The highest BCUT2D eigenvalue weighted by Crippen LogP contribution is 2.37. The topological polar surface area (TPSA) is 175 Å². The van der Waals surface area contributed by atoms with Gasteiger partial charge in [0.25, 0.3) is 0 Å². The first-order chi connectivity index (χ1) is 28.3. The Labute approximate surface area is 344 Å². The molecule has 2 saturated heterocycles. The van der Waals surface area contributed by atoms with E-state index in [0.29, 0.717) is 13.1 Å². The minimum absolute atomic E-state index is 0.106. The van der Waals surface area contributed by atoms with Gasteiger partial charge in [-0.05, 0) is 76.6 Å². The summed E-state index contributed by atoms with van der Waals surface area (Å²) >= 11 is 0. The molecule has 0 bridgehead atoms. The van der Waals surface area contributed by atoms with Gasteiger partial charge in [-0.3, -0.25) is 9.59 Å². The molecule has 0 aliphatic carbocycles. The number of likely N-dealkylation sites (tertiary alicyclic amines) is 2. The summed E-state index contributed by atoms with van der Waals surface area (Å²) in [7, 11) is 2.59. The summed E-state index contributed by atoms with van der Waals surface area (Å²) in [5, 5.41) is 7.61. The van der Waals surface area contributed by atoms with E-state index in [9.17, 15) is 19.2 Å². The van der Waals surface area contributed by atoms with Crippen molar-refractivity contribution in [2.75, 3.05) is 27.3 Å². The lowest BCUT2D eigenvalue weighted by Gasteiger charge is -2.30. The number of benzene rings is 3. The van der Waals surface area contributed by atoms with Crippen LogP contribution < -0.4 is 10.6 Å². The van der Waals surface area contributed by atoms with Crippen LogP contribution in [0.15, 0.2) is 73.1 Å². The third kappa shape index (κ3) is 8.67. The van der Waals surface area contributed by atoms with Crippen LogP contribution in [0.1, 0.15) is 77.6 Å². The molecule has 2 aliphatic rings. The van der Waals surface area contributed by atoms with E-state index in [2.05, 4.69) is 88.2 Å². The quantitative estimate of drug-likeness (QED) is 0.106. The van der Waals surface area contributed by atoms with Crippen molar-refractivity contribution in [2.24, 2.45) is 17.8 Å². The first kappa shape index (κ1) is 41.0. The van der Waals surface area contributed by atoms with E-state index in [0.717, 1.165) is 75.3 Å². The van der Waals surface area contributed by atoms with Gasteiger partial charge < -0.3 is 39.9 Å². The van der Waals surface area contributed by atoms with E-state index < -0.39 is 24.3 Å². The van der Waals surface area contributed by atoms with E-state index in [1.54, 1.807) is 0 Å². The molecule has 14 heteroatoms. The van der Waals surface area contributed by atoms with Crippen molar-refractivity contribution in [3.8, 4) is 33.6 Å². The first-order valence-electron chi connectivity index (χ1n) is 20.4. The predicted octanol–water partition coefficient (Wildman–Crippen LogP) is 7.62. The van der Waals surface area contributed by atoms with Crippen molar-refractivity contribution in [3.63, 3.8) is 0 Å². The largest absolute Gasteiger partial charge is 0.453 e. The van der Waals surface area contributed by atoms with Crippen LogP contribution in [0.3, 0.4) is 0 Å². The maximum Gasteiger partial charge on any atom is 0.407 e. The molecule has 310 valence electrons. The molecule has 2 aliphatic heterocycles. The van der Waals surface area contributed by atoms with E-state index in [-0.39, 0.29) is 41.7 Å². The van der Waals surface area contributed by atoms with Gasteiger partial charge in [0.2, 0.25) is 11.8 Å². The molecule has 5 atom stereocenters. The summed E-state index contributed by atoms with van der Waals surface area (Å²) in [6.45, 7) is 10.9. The normalized spacial score (nSPS) is 19.0. The van der Waals surface area contributed by atoms with Crippen molar-refractivity contribution in [2.45, 2.75) is 78.0 Å². The number of hydrogen-bond donors (Lipinski definition) is 4. The zero-order valence-corrected chi connectivity index (χ0v) is 34.7. The Morgan fingerprint density at radius 1 is 0.678 bits per heavy atom. The Hall–Kier alpha value is -6.18. The summed E-state index contributed by atoms with van der Waals surface area (Å²) < 4.78 is 9.55. The average molecular weight is 803 g/mol. The van der Waals surface area contributed by atoms with Crippen LogP contribution in [-0.4, -0.2) is 93.1 Å². The first-order valence-corrected chi connectivity index (χ1v) is 20.4. The van der Waals surface area contributed by atoms with Crippen molar-refractivity contribution in [3.05, 3.63) is 84.7 Å². The van der Waals surface area contributed by atoms with E-state index in [1.165, 1.54) is 14.2 Å². The molecular weight excluding hydrogens is 749 g/mol. The molecule has 4 heterocycles. The highest BCUT2D eigenvalue weighted by atomic mass is 16.5. The number of ether oxygens (including phenoxy) is 2. The number of nitrogens with one attached hydrogen (secondary N) is 4. The number of aromatic nitrogens is 4. The Morgan fingerprint density at radius 3 is 1.75 bits per heavy atom. The zero-order valence-electron chi connectivity index (χ0n) is 34.7. The fourth-order valence-electron chi connectivity index (χ4n) is 8.36.